The first kappa shape index (κ1) is 18.2. The van der Waals surface area contributed by atoms with Gasteiger partial charge in [-0.1, -0.05) is 40.2 Å². The second-order valence-electron chi connectivity index (χ2n) is 7.09. The van der Waals surface area contributed by atoms with Gasteiger partial charge < -0.3 is 9.47 Å². The molecule has 0 saturated carbocycles. The molecule has 6 heteroatoms. The molecule has 29 heavy (non-hydrogen) atoms. The van der Waals surface area contributed by atoms with Gasteiger partial charge in [-0.25, -0.2) is 9.40 Å². The number of hydrogen-bond acceptors (Lipinski definition) is 4. The van der Waals surface area contributed by atoms with Crippen LogP contribution in [-0.2, 0) is 0 Å². The fourth-order valence-corrected chi connectivity index (χ4v) is 4.29. The van der Waals surface area contributed by atoms with E-state index in [1.165, 1.54) is 12.1 Å². The van der Waals surface area contributed by atoms with Crippen molar-refractivity contribution in [1.82, 2.24) is 5.01 Å². The van der Waals surface area contributed by atoms with Crippen LogP contribution in [0.3, 0.4) is 0 Å². The summed E-state index contributed by atoms with van der Waals surface area (Å²) < 4.78 is 26.5. The number of ether oxygens (including phenoxy) is 2. The second-order valence-corrected chi connectivity index (χ2v) is 8.00. The molecule has 146 valence electrons. The average Bonchev–Trinajstić information content (AvgIpc) is 3.19. The minimum Gasteiger partial charge on any atom is -0.497 e. The fourth-order valence-electron chi connectivity index (χ4n) is 3.92. The van der Waals surface area contributed by atoms with Crippen LogP contribution in [-0.4, -0.2) is 17.8 Å². The Balaban J connectivity index is 1.60. The first-order valence-corrected chi connectivity index (χ1v) is 10.1. The van der Waals surface area contributed by atoms with Crippen LogP contribution < -0.4 is 9.47 Å². The summed E-state index contributed by atoms with van der Waals surface area (Å²) in [7, 11) is 1.65. The smallest absolute Gasteiger partial charge is 0.213 e. The van der Waals surface area contributed by atoms with Crippen LogP contribution in [0.25, 0.3) is 0 Å². The minimum atomic E-state index is -0.493. The number of fused-ring (bicyclic) bond motifs is 3. The third-order valence-corrected chi connectivity index (χ3v) is 5.78. The highest BCUT2D eigenvalue weighted by molar-refractivity contribution is 9.10. The van der Waals surface area contributed by atoms with E-state index in [2.05, 4.69) is 22.0 Å². The van der Waals surface area contributed by atoms with Crippen LogP contribution in [0.4, 0.5) is 4.39 Å². The third-order valence-electron chi connectivity index (χ3n) is 5.29. The predicted molar refractivity (Wildman–Crippen MR) is 113 cm³/mol. The van der Waals surface area contributed by atoms with Gasteiger partial charge in [0.1, 0.15) is 17.3 Å². The molecule has 2 aliphatic rings. The molecule has 0 saturated heterocycles. The van der Waals surface area contributed by atoms with Gasteiger partial charge in [0.15, 0.2) is 0 Å². The second kappa shape index (κ2) is 7.19. The Morgan fingerprint density at radius 3 is 2.79 bits per heavy atom. The standard InChI is InChI=1S/C23H18BrFN2O2/c1-28-18-7-3-4-14(11-18)20-13-21-19-12-16(24)8-9-22(19)29-23(27(21)26-20)15-5-2-6-17(25)10-15/h2-12,21,23H,13H2,1H3. The summed E-state index contributed by atoms with van der Waals surface area (Å²) in [5, 5.41) is 6.85. The molecule has 2 unspecified atom stereocenters. The quantitative estimate of drug-likeness (QED) is 0.500. The van der Waals surface area contributed by atoms with Crippen molar-refractivity contribution < 1.29 is 13.9 Å². The summed E-state index contributed by atoms with van der Waals surface area (Å²) in [6.45, 7) is 0. The summed E-state index contributed by atoms with van der Waals surface area (Å²) in [4.78, 5) is 0. The van der Waals surface area contributed by atoms with Crippen molar-refractivity contribution >= 4 is 21.6 Å². The maximum atomic E-state index is 13.9. The van der Waals surface area contributed by atoms with Gasteiger partial charge in [0, 0.05) is 27.6 Å². The Kier molecular flexibility index (Phi) is 4.51. The lowest BCUT2D eigenvalue weighted by Gasteiger charge is -2.38. The zero-order valence-electron chi connectivity index (χ0n) is 15.7. The van der Waals surface area contributed by atoms with Crippen LogP contribution in [0.1, 0.15) is 35.4 Å². The molecule has 0 fully saturated rings. The van der Waals surface area contributed by atoms with Gasteiger partial charge in [0.25, 0.3) is 0 Å². The first-order chi connectivity index (χ1) is 14.1. The molecule has 0 bridgehead atoms. The molecule has 2 atom stereocenters. The summed E-state index contributed by atoms with van der Waals surface area (Å²) in [6, 6.07) is 20.4. The molecule has 4 nitrogen and oxygen atoms in total. The van der Waals surface area contributed by atoms with E-state index in [-0.39, 0.29) is 11.9 Å². The van der Waals surface area contributed by atoms with Crippen molar-refractivity contribution in [3.63, 3.8) is 0 Å². The number of methoxy groups -OCH3 is 1. The van der Waals surface area contributed by atoms with Crippen molar-refractivity contribution in [3.8, 4) is 11.5 Å². The summed E-state index contributed by atoms with van der Waals surface area (Å²) >= 11 is 3.56. The van der Waals surface area contributed by atoms with Gasteiger partial charge in [0.05, 0.1) is 18.9 Å². The van der Waals surface area contributed by atoms with E-state index in [0.717, 1.165) is 44.8 Å². The Labute approximate surface area is 176 Å². The Bertz CT molecular complexity index is 1120. The highest BCUT2D eigenvalue weighted by atomic mass is 79.9. The van der Waals surface area contributed by atoms with Gasteiger partial charge in [0.2, 0.25) is 6.23 Å². The topological polar surface area (TPSA) is 34.1 Å². The number of benzene rings is 3. The Morgan fingerprint density at radius 1 is 1.10 bits per heavy atom. The van der Waals surface area contributed by atoms with Gasteiger partial charge in [-0.15, -0.1) is 0 Å². The zero-order valence-corrected chi connectivity index (χ0v) is 17.3. The van der Waals surface area contributed by atoms with E-state index >= 15 is 0 Å². The predicted octanol–water partition coefficient (Wildman–Crippen LogP) is 5.84. The highest BCUT2D eigenvalue weighted by Crippen LogP contribution is 2.48. The lowest BCUT2D eigenvalue weighted by molar-refractivity contribution is -0.0192. The van der Waals surface area contributed by atoms with Crippen molar-refractivity contribution in [2.45, 2.75) is 18.7 Å². The molecule has 0 spiro atoms. The number of hydrogen-bond donors (Lipinski definition) is 0. The molecular weight excluding hydrogens is 435 g/mol. The van der Waals surface area contributed by atoms with Crippen LogP contribution in [0, 0.1) is 5.82 Å². The van der Waals surface area contributed by atoms with E-state index in [1.54, 1.807) is 13.2 Å². The van der Waals surface area contributed by atoms with Gasteiger partial charge >= 0.3 is 0 Å². The van der Waals surface area contributed by atoms with Gasteiger partial charge in [-0.05, 0) is 42.5 Å². The maximum Gasteiger partial charge on any atom is 0.213 e. The van der Waals surface area contributed by atoms with Gasteiger partial charge in [-0.2, -0.15) is 5.10 Å². The number of hydrazone groups is 1. The van der Waals surface area contributed by atoms with Crippen molar-refractivity contribution in [1.29, 1.82) is 0 Å². The largest absolute Gasteiger partial charge is 0.497 e. The molecule has 3 aromatic carbocycles. The average molecular weight is 453 g/mol. The molecule has 5 rings (SSSR count). The van der Waals surface area contributed by atoms with Crippen LogP contribution in [0.15, 0.2) is 76.3 Å². The number of halogens is 2. The molecule has 0 aliphatic carbocycles. The zero-order chi connectivity index (χ0) is 20.0. The third kappa shape index (κ3) is 3.27. The van der Waals surface area contributed by atoms with E-state index in [1.807, 2.05) is 47.5 Å². The summed E-state index contributed by atoms with van der Waals surface area (Å²) in [6.07, 6.45) is 0.235. The van der Waals surface area contributed by atoms with Crippen LogP contribution >= 0.6 is 15.9 Å². The molecule has 2 heterocycles. The highest BCUT2D eigenvalue weighted by Gasteiger charge is 2.41. The lowest BCUT2D eigenvalue weighted by atomic mass is 9.96. The van der Waals surface area contributed by atoms with E-state index in [0.29, 0.717) is 0 Å². The molecule has 0 aromatic heterocycles. The van der Waals surface area contributed by atoms with Crippen molar-refractivity contribution in [3.05, 3.63) is 93.7 Å². The van der Waals surface area contributed by atoms with Crippen molar-refractivity contribution in [2.24, 2.45) is 5.10 Å². The lowest BCUT2D eigenvalue weighted by Crippen LogP contribution is -2.33. The Morgan fingerprint density at radius 2 is 1.97 bits per heavy atom. The summed E-state index contributed by atoms with van der Waals surface area (Å²) in [5.41, 5.74) is 3.76. The first-order valence-electron chi connectivity index (χ1n) is 9.34. The van der Waals surface area contributed by atoms with E-state index in [9.17, 15) is 4.39 Å². The SMILES string of the molecule is COc1cccc(C2=NN3C(C2)c2cc(Br)ccc2OC3c2cccc(F)c2)c1. The van der Waals surface area contributed by atoms with Crippen LogP contribution in [0.2, 0.25) is 0 Å². The number of nitrogens with zero attached hydrogens (tertiary/aromatic N) is 2. The Hall–Kier alpha value is -2.86. The molecule has 2 aliphatic heterocycles. The minimum absolute atomic E-state index is 0.00529. The van der Waals surface area contributed by atoms with Crippen molar-refractivity contribution in [2.75, 3.05) is 7.11 Å². The fraction of sp³-hybridized carbons (Fsp3) is 0.174. The molecular formula is C23H18BrFN2O2. The molecule has 0 N–H and O–H groups in total. The van der Waals surface area contributed by atoms with Gasteiger partial charge in [-0.3, -0.25) is 0 Å². The summed E-state index contributed by atoms with van der Waals surface area (Å²) in [5.74, 6) is 1.29. The normalized spacial score (nSPS) is 19.8. The monoisotopic (exact) mass is 452 g/mol. The molecule has 0 amide bonds. The van der Waals surface area contributed by atoms with E-state index < -0.39 is 6.23 Å². The molecule has 0 radical (unpaired) electrons. The van der Waals surface area contributed by atoms with E-state index in [4.69, 9.17) is 14.6 Å². The maximum absolute atomic E-state index is 13.9. The molecule has 3 aromatic rings. The van der Waals surface area contributed by atoms with Crippen LogP contribution in [0.5, 0.6) is 11.5 Å². The number of rotatable bonds is 3.